The highest BCUT2D eigenvalue weighted by atomic mass is 32.1. The van der Waals surface area contributed by atoms with Gasteiger partial charge in [-0.1, -0.05) is 31.2 Å². The van der Waals surface area contributed by atoms with Crippen molar-refractivity contribution in [3.8, 4) is 5.75 Å². The first kappa shape index (κ1) is 16.1. The molecule has 2 atom stereocenters. The molecule has 1 aromatic heterocycles. The maximum atomic E-state index is 13.0. The number of amides is 1. The summed E-state index contributed by atoms with van der Waals surface area (Å²) in [5, 5.41) is 0.937. The molecule has 1 amide bonds. The van der Waals surface area contributed by atoms with E-state index in [0.717, 1.165) is 26.5 Å². The van der Waals surface area contributed by atoms with E-state index in [1.165, 1.54) is 0 Å². The minimum Gasteiger partial charge on any atom is -0.489 e. The standard InChI is InChI=1S/C20H20N2O2S/c1-12-13(2)24-19-14(12)7-6-8-15(19)20(23)22(3)11-18-21-16-9-4-5-10-17(16)25-18/h4-10,12-13H,11H2,1-3H3/t12-,13-/m0/s1. The minimum absolute atomic E-state index is 0.0302. The number of rotatable bonds is 3. The van der Waals surface area contributed by atoms with Crippen molar-refractivity contribution in [3.63, 3.8) is 0 Å². The molecule has 5 heteroatoms. The molecule has 0 bridgehead atoms. The van der Waals surface area contributed by atoms with Crippen molar-refractivity contribution >= 4 is 27.5 Å². The molecule has 2 aromatic carbocycles. The summed E-state index contributed by atoms with van der Waals surface area (Å²) in [5.41, 5.74) is 2.74. The molecule has 4 nitrogen and oxygen atoms in total. The monoisotopic (exact) mass is 352 g/mol. The van der Waals surface area contributed by atoms with Crippen LogP contribution in [0, 0.1) is 0 Å². The van der Waals surface area contributed by atoms with Gasteiger partial charge in [0, 0.05) is 18.5 Å². The normalized spacial score (nSPS) is 18.8. The fourth-order valence-electron chi connectivity index (χ4n) is 3.22. The Labute approximate surface area is 151 Å². The van der Waals surface area contributed by atoms with Gasteiger partial charge in [0.05, 0.1) is 22.3 Å². The second-order valence-electron chi connectivity index (χ2n) is 6.57. The third-order valence-corrected chi connectivity index (χ3v) is 5.85. The van der Waals surface area contributed by atoms with Crippen LogP contribution >= 0.6 is 11.3 Å². The van der Waals surface area contributed by atoms with Gasteiger partial charge in [0.25, 0.3) is 5.91 Å². The number of carbonyl (C=O) groups excluding carboxylic acids is 1. The van der Waals surface area contributed by atoms with Crippen molar-refractivity contribution in [2.45, 2.75) is 32.4 Å². The summed E-state index contributed by atoms with van der Waals surface area (Å²) in [5.74, 6) is 1.01. The Hall–Kier alpha value is -2.40. The third-order valence-electron chi connectivity index (χ3n) is 4.83. The van der Waals surface area contributed by atoms with Crippen LogP contribution in [-0.4, -0.2) is 28.9 Å². The van der Waals surface area contributed by atoms with Crippen LogP contribution in [0.4, 0.5) is 0 Å². The number of hydrogen-bond donors (Lipinski definition) is 0. The quantitative estimate of drug-likeness (QED) is 0.699. The lowest BCUT2D eigenvalue weighted by molar-refractivity contribution is 0.0779. The Morgan fingerprint density at radius 3 is 2.80 bits per heavy atom. The zero-order valence-electron chi connectivity index (χ0n) is 14.5. The molecular weight excluding hydrogens is 332 g/mol. The zero-order chi connectivity index (χ0) is 17.6. The second kappa shape index (κ2) is 6.15. The van der Waals surface area contributed by atoms with Crippen molar-refractivity contribution in [1.29, 1.82) is 0 Å². The Balaban J connectivity index is 1.59. The molecule has 25 heavy (non-hydrogen) atoms. The van der Waals surface area contributed by atoms with Gasteiger partial charge in [-0.05, 0) is 25.1 Å². The number of ether oxygens (including phenoxy) is 1. The Kier molecular flexibility index (Phi) is 3.96. The van der Waals surface area contributed by atoms with Crippen molar-refractivity contribution in [1.82, 2.24) is 9.88 Å². The van der Waals surface area contributed by atoms with Crippen LogP contribution in [0.2, 0.25) is 0 Å². The van der Waals surface area contributed by atoms with Crippen LogP contribution in [0.15, 0.2) is 42.5 Å². The summed E-state index contributed by atoms with van der Waals surface area (Å²) < 4.78 is 7.10. The number of aromatic nitrogens is 1. The molecule has 0 spiro atoms. The maximum Gasteiger partial charge on any atom is 0.257 e. The molecule has 0 N–H and O–H groups in total. The lowest BCUT2D eigenvalue weighted by Crippen LogP contribution is -2.26. The highest BCUT2D eigenvalue weighted by Gasteiger charge is 2.31. The van der Waals surface area contributed by atoms with E-state index >= 15 is 0 Å². The van der Waals surface area contributed by atoms with Crippen LogP contribution in [0.25, 0.3) is 10.2 Å². The van der Waals surface area contributed by atoms with Gasteiger partial charge in [0.1, 0.15) is 16.9 Å². The smallest absolute Gasteiger partial charge is 0.257 e. The molecule has 0 aliphatic carbocycles. The molecule has 0 fully saturated rings. The summed E-state index contributed by atoms with van der Waals surface area (Å²) in [4.78, 5) is 19.3. The summed E-state index contributed by atoms with van der Waals surface area (Å²) in [7, 11) is 1.82. The van der Waals surface area contributed by atoms with E-state index in [1.54, 1.807) is 16.2 Å². The minimum atomic E-state index is -0.0302. The predicted octanol–water partition coefficient (Wildman–Crippen LogP) is 4.45. The molecule has 4 rings (SSSR count). The molecule has 128 valence electrons. The number of fused-ring (bicyclic) bond motifs is 2. The van der Waals surface area contributed by atoms with E-state index in [4.69, 9.17) is 4.74 Å². The average Bonchev–Trinajstić information content (AvgIpc) is 3.14. The lowest BCUT2D eigenvalue weighted by Gasteiger charge is -2.17. The third kappa shape index (κ3) is 2.78. The largest absolute Gasteiger partial charge is 0.489 e. The number of thiazole rings is 1. The van der Waals surface area contributed by atoms with Gasteiger partial charge in [-0.3, -0.25) is 4.79 Å². The van der Waals surface area contributed by atoms with Gasteiger partial charge in [0.2, 0.25) is 0 Å². The summed E-state index contributed by atoms with van der Waals surface area (Å²) in [6.07, 6.45) is 0.0958. The Morgan fingerprint density at radius 1 is 1.20 bits per heavy atom. The fraction of sp³-hybridized carbons (Fsp3) is 0.300. The van der Waals surface area contributed by atoms with Crippen molar-refractivity contribution in [3.05, 3.63) is 58.6 Å². The second-order valence-corrected chi connectivity index (χ2v) is 7.69. The van der Waals surface area contributed by atoms with E-state index < -0.39 is 0 Å². The molecule has 2 heterocycles. The van der Waals surface area contributed by atoms with Crippen LogP contribution in [-0.2, 0) is 6.54 Å². The fourth-order valence-corrected chi connectivity index (χ4v) is 4.24. The van der Waals surface area contributed by atoms with Gasteiger partial charge in [-0.25, -0.2) is 4.98 Å². The number of benzene rings is 2. The first-order valence-corrected chi connectivity index (χ1v) is 9.25. The lowest BCUT2D eigenvalue weighted by atomic mass is 9.96. The average molecular weight is 352 g/mol. The molecular formula is C20H20N2O2S. The molecule has 0 saturated carbocycles. The van der Waals surface area contributed by atoms with Crippen molar-refractivity contribution in [2.24, 2.45) is 0 Å². The van der Waals surface area contributed by atoms with E-state index in [1.807, 2.05) is 50.4 Å². The van der Waals surface area contributed by atoms with Crippen molar-refractivity contribution in [2.75, 3.05) is 7.05 Å². The molecule has 1 aliphatic rings. The van der Waals surface area contributed by atoms with Crippen LogP contribution in [0.1, 0.15) is 40.7 Å². The Morgan fingerprint density at radius 2 is 2.00 bits per heavy atom. The number of carbonyl (C=O) groups is 1. The van der Waals surface area contributed by atoms with Crippen LogP contribution in [0.5, 0.6) is 5.75 Å². The Bertz CT molecular complexity index is 917. The number of para-hydroxylation sites is 2. The summed E-state index contributed by atoms with van der Waals surface area (Å²) in [6.45, 7) is 4.67. The maximum absolute atomic E-state index is 13.0. The van der Waals surface area contributed by atoms with E-state index in [9.17, 15) is 4.79 Å². The van der Waals surface area contributed by atoms with Crippen LogP contribution in [0.3, 0.4) is 0 Å². The topological polar surface area (TPSA) is 42.4 Å². The SMILES string of the molecule is C[C@@H]1Oc2c(C(=O)N(C)Cc3nc4ccccc4s3)cccc2[C@H]1C. The highest BCUT2D eigenvalue weighted by molar-refractivity contribution is 7.18. The van der Waals surface area contributed by atoms with Crippen molar-refractivity contribution < 1.29 is 9.53 Å². The van der Waals surface area contributed by atoms with E-state index in [-0.39, 0.29) is 12.0 Å². The van der Waals surface area contributed by atoms with Crippen LogP contribution < -0.4 is 4.74 Å². The zero-order valence-corrected chi connectivity index (χ0v) is 15.3. The molecule has 0 unspecified atom stereocenters. The molecule has 1 aliphatic heterocycles. The number of hydrogen-bond acceptors (Lipinski definition) is 4. The van der Waals surface area contributed by atoms with E-state index in [2.05, 4.69) is 18.0 Å². The number of nitrogens with zero attached hydrogens (tertiary/aromatic N) is 2. The van der Waals surface area contributed by atoms with Gasteiger partial charge in [-0.15, -0.1) is 11.3 Å². The van der Waals surface area contributed by atoms with Gasteiger partial charge in [-0.2, -0.15) is 0 Å². The molecule has 0 saturated heterocycles. The summed E-state index contributed by atoms with van der Waals surface area (Å²) in [6, 6.07) is 13.9. The predicted molar refractivity (Wildman–Crippen MR) is 100 cm³/mol. The first-order chi connectivity index (χ1) is 12.0. The van der Waals surface area contributed by atoms with Gasteiger partial charge in [0.15, 0.2) is 0 Å². The van der Waals surface area contributed by atoms with E-state index in [0.29, 0.717) is 18.0 Å². The van der Waals surface area contributed by atoms with Gasteiger partial charge < -0.3 is 9.64 Å². The highest BCUT2D eigenvalue weighted by Crippen LogP contribution is 2.40. The van der Waals surface area contributed by atoms with Gasteiger partial charge >= 0.3 is 0 Å². The summed E-state index contributed by atoms with van der Waals surface area (Å²) >= 11 is 1.63. The first-order valence-electron chi connectivity index (χ1n) is 8.44. The molecule has 3 aromatic rings. The molecule has 0 radical (unpaired) electrons.